The fourth-order valence-electron chi connectivity index (χ4n) is 5.37. The fraction of sp³-hybridized carbons (Fsp3) is 0.225. The number of carbonyl (C=O) groups is 1. The van der Waals surface area contributed by atoms with E-state index in [9.17, 15) is 4.79 Å². The van der Waals surface area contributed by atoms with Crippen molar-refractivity contribution in [3.8, 4) is 11.5 Å². The average Bonchev–Trinajstić information content (AvgIpc) is 3.11. The lowest BCUT2D eigenvalue weighted by Crippen LogP contribution is -2.34. The van der Waals surface area contributed by atoms with Gasteiger partial charge in [-0.25, -0.2) is 4.79 Å². The smallest absolute Gasteiger partial charge is 0.339 e. The third-order valence-corrected chi connectivity index (χ3v) is 8.14. The Morgan fingerprint density at radius 3 is 1.74 bits per heavy atom. The number of ether oxygens (including phenoxy) is 3. The van der Waals surface area contributed by atoms with E-state index in [0.717, 1.165) is 53.1 Å². The van der Waals surface area contributed by atoms with Crippen molar-refractivity contribution in [3.05, 3.63) is 167 Å². The maximum atomic E-state index is 12.4. The van der Waals surface area contributed by atoms with Crippen LogP contribution in [0.2, 0.25) is 0 Å². The van der Waals surface area contributed by atoms with Crippen LogP contribution < -0.4 is 9.47 Å². The van der Waals surface area contributed by atoms with Crippen LogP contribution in [0.3, 0.4) is 0 Å². The van der Waals surface area contributed by atoms with E-state index in [2.05, 4.69) is 41.3 Å². The van der Waals surface area contributed by atoms with Gasteiger partial charge in [-0.05, 0) is 71.5 Å². The van der Waals surface area contributed by atoms with Gasteiger partial charge in [0, 0.05) is 6.54 Å². The first-order valence-corrected chi connectivity index (χ1v) is 16.7. The molecule has 0 fully saturated rings. The molecule has 0 heterocycles. The normalized spacial score (nSPS) is 11.7. The molecule has 242 valence electrons. The SMILES string of the molecule is O=C(OC[C@@H](c1cccc(OCc2ccccc2)c1)N(CCCc1cccc(OCc2ccccc2)c1)Cc1ccccc1)C(Cl)Cl. The summed E-state index contributed by atoms with van der Waals surface area (Å²) in [5.74, 6) is 0.922. The second-order valence-electron chi connectivity index (χ2n) is 11.3. The lowest BCUT2D eigenvalue weighted by Gasteiger charge is -2.32. The number of rotatable bonds is 17. The van der Waals surface area contributed by atoms with Gasteiger partial charge in [-0.15, -0.1) is 0 Å². The number of alkyl halides is 2. The van der Waals surface area contributed by atoms with Crippen LogP contribution in [-0.2, 0) is 35.7 Å². The van der Waals surface area contributed by atoms with Crippen molar-refractivity contribution in [2.24, 2.45) is 0 Å². The third-order valence-electron chi connectivity index (χ3n) is 7.78. The maximum absolute atomic E-state index is 12.4. The summed E-state index contributed by atoms with van der Waals surface area (Å²) in [6, 6.07) is 46.5. The topological polar surface area (TPSA) is 48.0 Å². The molecular formula is C40H39Cl2NO4. The van der Waals surface area contributed by atoms with Gasteiger partial charge in [-0.1, -0.05) is 138 Å². The van der Waals surface area contributed by atoms with Crippen LogP contribution >= 0.6 is 23.2 Å². The predicted octanol–water partition coefficient (Wildman–Crippen LogP) is 9.37. The Balaban J connectivity index is 1.32. The molecule has 0 aliphatic carbocycles. The van der Waals surface area contributed by atoms with E-state index in [1.165, 1.54) is 5.56 Å². The van der Waals surface area contributed by atoms with Crippen molar-refractivity contribution in [3.63, 3.8) is 0 Å². The second-order valence-corrected chi connectivity index (χ2v) is 12.4. The molecule has 5 nitrogen and oxygen atoms in total. The highest BCUT2D eigenvalue weighted by Crippen LogP contribution is 2.28. The number of nitrogens with zero attached hydrogens (tertiary/aromatic N) is 1. The average molecular weight is 669 g/mol. The van der Waals surface area contributed by atoms with Crippen molar-refractivity contribution in [2.75, 3.05) is 13.2 Å². The van der Waals surface area contributed by atoms with Crippen LogP contribution in [0.25, 0.3) is 0 Å². The Hall–Kier alpha value is -4.29. The predicted molar refractivity (Wildman–Crippen MR) is 189 cm³/mol. The second kappa shape index (κ2) is 18.2. The summed E-state index contributed by atoms with van der Waals surface area (Å²) in [5.41, 5.74) is 5.53. The van der Waals surface area contributed by atoms with E-state index < -0.39 is 10.8 Å². The van der Waals surface area contributed by atoms with Crippen molar-refractivity contribution in [2.45, 2.75) is 43.5 Å². The molecule has 0 bridgehead atoms. The largest absolute Gasteiger partial charge is 0.489 e. The van der Waals surface area contributed by atoms with Crippen LogP contribution in [-0.4, -0.2) is 28.9 Å². The van der Waals surface area contributed by atoms with Crippen LogP contribution in [0.4, 0.5) is 0 Å². The van der Waals surface area contributed by atoms with Gasteiger partial charge >= 0.3 is 5.97 Å². The Morgan fingerprint density at radius 1 is 0.617 bits per heavy atom. The van der Waals surface area contributed by atoms with Gasteiger partial charge in [0.2, 0.25) is 4.84 Å². The van der Waals surface area contributed by atoms with Gasteiger partial charge in [-0.3, -0.25) is 4.90 Å². The van der Waals surface area contributed by atoms with Crippen LogP contribution in [0.15, 0.2) is 140 Å². The van der Waals surface area contributed by atoms with Gasteiger partial charge in [0.1, 0.15) is 31.3 Å². The Morgan fingerprint density at radius 2 is 1.15 bits per heavy atom. The molecule has 0 saturated heterocycles. The van der Waals surface area contributed by atoms with E-state index >= 15 is 0 Å². The summed E-state index contributed by atoms with van der Waals surface area (Å²) < 4.78 is 17.9. The lowest BCUT2D eigenvalue weighted by molar-refractivity contribution is -0.143. The highest BCUT2D eigenvalue weighted by Gasteiger charge is 2.25. The van der Waals surface area contributed by atoms with E-state index in [-0.39, 0.29) is 12.6 Å². The van der Waals surface area contributed by atoms with Crippen molar-refractivity contribution < 1.29 is 19.0 Å². The maximum Gasteiger partial charge on any atom is 0.339 e. The molecule has 1 atom stereocenters. The first kappa shape index (κ1) is 34.1. The first-order chi connectivity index (χ1) is 23.0. The molecular weight excluding hydrogens is 629 g/mol. The highest BCUT2D eigenvalue weighted by molar-refractivity contribution is 6.52. The van der Waals surface area contributed by atoms with Gasteiger partial charge in [0.15, 0.2) is 0 Å². The van der Waals surface area contributed by atoms with E-state index in [0.29, 0.717) is 19.8 Å². The molecule has 5 aromatic carbocycles. The molecule has 0 amide bonds. The Labute approximate surface area is 287 Å². The number of hydrogen-bond acceptors (Lipinski definition) is 5. The molecule has 47 heavy (non-hydrogen) atoms. The van der Waals surface area contributed by atoms with Crippen LogP contribution in [0.5, 0.6) is 11.5 Å². The standard InChI is InChI=1S/C40H39Cl2NO4/c41-39(42)40(44)47-30-38(35-21-11-23-37(26-35)46-29-34-17-8-3-9-18-34)43(27-32-13-4-1-5-14-32)24-12-20-31-19-10-22-36(25-31)45-28-33-15-6-2-7-16-33/h1-11,13-19,21-23,25-26,38-39H,12,20,24,27-30H2/t38-/m0/s1. The fourth-order valence-corrected chi connectivity index (χ4v) is 5.50. The zero-order valence-corrected chi connectivity index (χ0v) is 27.7. The zero-order chi connectivity index (χ0) is 32.7. The van der Waals surface area contributed by atoms with E-state index in [4.69, 9.17) is 37.4 Å². The number of carbonyl (C=O) groups excluding carboxylic acids is 1. The van der Waals surface area contributed by atoms with Gasteiger partial charge in [0.25, 0.3) is 0 Å². The number of aryl methyl sites for hydroxylation is 1. The number of esters is 1. The monoisotopic (exact) mass is 667 g/mol. The van der Waals surface area contributed by atoms with Gasteiger partial charge < -0.3 is 14.2 Å². The van der Waals surface area contributed by atoms with Crippen LogP contribution in [0.1, 0.15) is 40.3 Å². The molecule has 0 N–H and O–H groups in total. The first-order valence-electron chi connectivity index (χ1n) is 15.8. The molecule has 0 aromatic heterocycles. The van der Waals surface area contributed by atoms with Crippen molar-refractivity contribution in [1.82, 2.24) is 4.90 Å². The van der Waals surface area contributed by atoms with Crippen molar-refractivity contribution >= 4 is 29.2 Å². The van der Waals surface area contributed by atoms with Crippen LogP contribution in [0, 0.1) is 0 Å². The Kier molecular flexibility index (Phi) is 13.2. The number of hydrogen-bond donors (Lipinski definition) is 0. The summed E-state index contributed by atoms with van der Waals surface area (Å²) in [6.07, 6.45) is 1.73. The minimum atomic E-state index is -1.25. The molecule has 0 unspecified atom stereocenters. The number of benzene rings is 5. The third kappa shape index (κ3) is 11.2. The summed E-state index contributed by atoms with van der Waals surface area (Å²) in [7, 11) is 0. The molecule has 0 radical (unpaired) electrons. The highest BCUT2D eigenvalue weighted by atomic mass is 35.5. The molecule has 0 aliphatic rings. The summed E-state index contributed by atoms with van der Waals surface area (Å²) in [6.45, 7) is 2.46. The molecule has 0 saturated carbocycles. The summed E-state index contributed by atoms with van der Waals surface area (Å²) in [5, 5.41) is 0. The molecule has 7 heteroatoms. The van der Waals surface area contributed by atoms with Crippen molar-refractivity contribution in [1.29, 1.82) is 0 Å². The zero-order valence-electron chi connectivity index (χ0n) is 26.2. The Bertz CT molecular complexity index is 1650. The van der Waals surface area contributed by atoms with E-state index in [1.54, 1.807) is 0 Å². The summed E-state index contributed by atoms with van der Waals surface area (Å²) in [4.78, 5) is 13.5. The van der Waals surface area contributed by atoms with Gasteiger partial charge in [-0.2, -0.15) is 0 Å². The van der Waals surface area contributed by atoms with E-state index in [1.807, 2.05) is 103 Å². The molecule has 0 spiro atoms. The molecule has 5 aromatic rings. The lowest BCUT2D eigenvalue weighted by atomic mass is 10.0. The minimum Gasteiger partial charge on any atom is -0.489 e. The molecule has 0 aliphatic heterocycles. The minimum absolute atomic E-state index is 0.0898. The molecule has 5 rings (SSSR count). The quantitative estimate of drug-likeness (QED) is 0.0730. The summed E-state index contributed by atoms with van der Waals surface area (Å²) >= 11 is 11.7. The number of halogens is 2. The van der Waals surface area contributed by atoms with Gasteiger partial charge in [0.05, 0.1) is 6.04 Å².